The van der Waals surface area contributed by atoms with Crippen LogP contribution in [-0.4, -0.2) is 0 Å². The summed E-state index contributed by atoms with van der Waals surface area (Å²) in [5.74, 6) is 0. The first kappa shape index (κ1) is 48.0. The number of halogens is 4. The topological polar surface area (TPSA) is 0 Å². The lowest BCUT2D eigenvalue weighted by atomic mass is 10.2. The lowest BCUT2D eigenvalue weighted by molar-refractivity contribution is 1.14. The predicted octanol–water partition coefficient (Wildman–Crippen LogP) is 17.4. The first-order chi connectivity index (χ1) is 26.0. The van der Waals surface area contributed by atoms with Gasteiger partial charge in [0.05, 0.1) is 0 Å². The highest BCUT2D eigenvalue weighted by molar-refractivity contribution is 6.37. The Morgan fingerprint density at radius 3 is 1.11 bits per heavy atom. The molecule has 0 nitrogen and oxygen atoms in total. The molecule has 54 heavy (non-hydrogen) atoms. The molecule has 0 saturated heterocycles. The first-order valence-corrected chi connectivity index (χ1v) is 19.8. The minimum Gasteiger partial charge on any atom is -0.0842 e. The van der Waals surface area contributed by atoms with E-state index in [2.05, 4.69) is 103 Å². The number of allylic oxidation sites excluding steroid dienone is 2. The van der Waals surface area contributed by atoms with Crippen molar-refractivity contribution in [2.45, 2.75) is 67.7 Å². The van der Waals surface area contributed by atoms with Crippen molar-refractivity contribution in [3.8, 4) is 0 Å². The van der Waals surface area contributed by atoms with Crippen LogP contribution in [0.15, 0.2) is 164 Å². The average Bonchev–Trinajstić information content (AvgIpc) is 3.18. The van der Waals surface area contributed by atoms with Crippen LogP contribution in [0.25, 0.3) is 12.2 Å². The molecule has 0 aliphatic heterocycles. The van der Waals surface area contributed by atoms with Gasteiger partial charge < -0.3 is 0 Å². The Labute approximate surface area is 347 Å². The molecule has 0 radical (unpaired) electrons. The molecule has 6 aromatic rings. The van der Waals surface area contributed by atoms with Crippen LogP contribution in [0.4, 0.5) is 0 Å². The van der Waals surface area contributed by atoms with Crippen LogP contribution < -0.4 is 0 Å². The SMILES string of the molecule is CCC=Cc1c(Cl)cccc1Cl.CCC=Cc1ccccc1Cl.CCc1ccccc1Cl.Cc1ccc(C)cc1.Cc1ccccc1.Cc1ccccc1. The van der Waals surface area contributed by atoms with Gasteiger partial charge in [0.15, 0.2) is 0 Å². The summed E-state index contributed by atoms with van der Waals surface area (Å²) in [6, 6.07) is 50.3. The number of benzene rings is 6. The van der Waals surface area contributed by atoms with Crippen molar-refractivity contribution >= 4 is 58.6 Å². The summed E-state index contributed by atoms with van der Waals surface area (Å²) in [6.07, 6.45) is 11.2. The van der Waals surface area contributed by atoms with E-state index in [0.717, 1.165) is 40.4 Å². The fourth-order valence-electron chi connectivity index (χ4n) is 4.25. The summed E-state index contributed by atoms with van der Waals surface area (Å²) in [4.78, 5) is 0. The average molecular weight is 799 g/mol. The van der Waals surface area contributed by atoms with Gasteiger partial charge in [0.2, 0.25) is 0 Å². The molecule has 0 aromatic heterocycles. The maximum absolute atomic E-state index is 5.93. The van der Waals surface area contributed by atoms with Gasteiger partial charge in [-0.05, 0) is 82.3 Å². The van der Waals surface area contributed by atoms with E-state index in [0.29, 0.717) is 10.0 Å². The van der Waals surface area contributed by atoms with Crippen LogP contribution >= 0.6 is 46.4 Å². The lowest BCUT2D eigenvalue weighted by Gasteiger charge is -1.99. The van der Waals surface area contributed by atoms with E-state index in [1.54, 1.807) is 0 Å². The molecular formula is C50H56Cl4. The number of aryl methyl sites for hydroxylation is 5. The second-order valence-corrected chi connectivity index (χ2v) is 13.8. The van der Waals surface area contributed by atoms with Gasteiger partial charge in [0, 0.05) is 25.7 Å². The Morgan fingerprint density at radius 1 is 0.370 bits per heavy atom. The largest absolute Gasteiger partial charge is 0.0842 e. The Bertz CT molecular complexity index is 1800. The van der Waals surface area contributed by atoms with Gasteiger partial charge in [-0.3, -0.25) is 0 Å². The van der Waals surface area contributed by atoms with Crippen molar-refractivity contribution in [1.29, 1.82) is 0 Å². The summed E-state index contributed by atoms with van der Waals surface area (Å²) in [7, 11) is 0. The van der Waals surface area contributed by atoms with E-state index < -0.39 is 0 Å². The molecule has 0 spiro atoms. The molecule has 284 valence electrons. The standard InChI is InChI=1S/C10H10Cl2.C10H11Cl.C8H9Cl.C8H10.2C7H8/c1-2-3-5-8-9(11)6-4-7-10(8)12;1-2-3-6-9-7-4-5-8-10(9)11;1-2-7-5-3-4-6-8(7)9;1-7-3-5-8(2)6-4-7;2*1-7-5-3-2-4-6-7/h3-7H,2H2,1H3;3-8H,2H2,1H3;3-6H,2H2,1H3;3-6H,1-2H3;2*2-6H,1H3. The molecular weight excluding hydrogens is 742 g/mol. The van der Waals surface area contributed by atoms with Crippen molar-refractivity contribution in [2.24, 2.45) is 0 Å². The zero-order valence-electron chi connectivity index (χ0n) is 32.9. The van der Waals surface area contributed by atoms with Gasteiger partial charge in [-0.2, -0.15) is 0 Å². The second kappa shape index (κ2) is 30.3. The maximum atomic E-state index is 5.93. The van der Waals surface area contributed by atoms with Crippen LogP contribution in [0.2, 0.25) is 20.1 Å². The molecule has 0 amide bonds. The van der Waals surface area contributed by atoms with Crippen molar-refractivity contribution in [1.82, 2.24) is 0 Å². The summed E-state index contributed by atoms with van der Waals surface area (Å²) in [5, 5.41) is 3.09. The van der Waals surface area contributed by atoms with E-state index in [4.69, 9.17) is 46.4 Å². The minimum absolute atomic E-state index is 0.701. The van der Waals surface area contributed by atoms with E-state index in [-0.39, 0.29) is 0 Å². The van der Waals surface area contributed by atoms with Gasteiger partial charge in [-0.15, -0.1) is 0 Å². The molecule has 0 fully saturated rings. The van der Waals surface area contributed by atoms with Crippen LogP contribution in [0.5, 0.6) is 0 Å². The number of rotatable bonds is 5. The lowest BCUT2D eigenvalue weighted by Crippen LogP contribution is -1.78. The zero-order valence-corrected chi connectivity index (χ0v) is 35.9. The maximum Gasteiger partial charge on any atom is 0.0493 e. The van der Waals surface area contributed by atoms with Crippen LogP contribution in [0, 0.1) is 27.7 Å². The third-order valence-corrected chi connectivity index (χ3v) is 8.77. The fourth-order valence-corrected chi connectivity index (χ4v) is 5.24. The number of hydrogen-bond donors (Lipinski definition) is 0. The summed E-state index contributed by atoms with van der Waals surface area (Å²) < 4.78 is 0. The summed E-state index contributed by atoms with van der Waals surface area (Å²) >= 11 is 23.6. The normalized spacial score (nSPS) is 9.83. The van der Waals surface area contributed by atoms with Crippen LogP contribution in [0.1, 0.15) is 72.6 Å². The van der Waals surface area contributed by atoms with Crippen molar-refractivity contribution < 1.29 is 0 Å². The molecule has 0 aliphatic rings. The van der Waals surface area contributed by atoms with Gasteiger partial charge >= 0.3 is 0 Å². The smallest absolute Gasteiger partial charge is 0.0493 e. The Balaban J connectivity index is 0.000000328. The molecule has 0 aliphatic carbocycles. The molecule has 0 bridgehead atoms. The molecule has 0 atom stereocenters. The van der Waals surface area contributed by atoms with Crippen molar-refractivity contribution in [2.75, 3.05) is 0 Å². The first-order valence-electron chi connectivity index (χ1n) is 18.3. The molecule has 0 saturated carbocycles. The van der Waals surface area contributed by atoms with Gasteiger partial charge in [0.25, 0.3) is 0 Å². The van der Waals surface area contributed by atoms with Gasteiger partial charge in [-0.1, -0.05) is 241 Å². The highest BCUT2D eigenvalue weighted by Gasteiger charge is 1.99. The third kappa shape index (κ3) is 22.9. The van der Waals surface area contributed by atoms with Crippen molar-refractivity contribution in [3.63, 3.8) is 0 Å². The fraction of sp³-hybridized carbons (Fsp3) is 0.200. The van der Waals surface area contributed by atoms with Gasteiger partial charge in [-0.25, -0.2) is 0 Å². The molecule has 0 unspecified atom stereocenters. The van der Waals surface area contributed by atoms with E-state index in [1.165, 1.54) is 27.8 Å². The Morgan fingerprint density at radius 2 is 0.741 bits per heavy atom. The molecule has 6 rings (SSSR count). The monoisotopic (exact) mass is 796 g/mol. The molecule has 6 aromatic carbocycles. The Hall–Kier alpha value is -4.04. The minimum atomic E-state index is 0.701. The van der Waals surface area contributed by atoms with Crippen LogP contribution in [0.3, 0.4) is 0 Å². The number of hydrogen-bond acceptors (Lipinski definition) is 0. The molecule has 4 heteroatoms. The quantitative estimate of drug-likeness (QED) is 0.163. The highest BCUT2D eigenvalue weighted by atomic mass is 35.5. The highest BCUT2D eigenvalue weighted by Crippen LogP contribution is 2.25. The van der Waals surface area contributed by atoms with Crippen molar-refractivity contribution in [3.05, 3.63) is 223 Å². The second-order valence-electron chi connectivity index (χ2n) is 12.2. The van der Waals surface area contributed by atoms with Crippen LogP contribution in [-0.2, 0) is 6.42 Å². The summed E-state index contributed by atoms with van der Waals surface area (Å²) in [6.45, 7) is 14.6. The van der Waals surface area contributed by atoms with E-state index in [9.17, 15) is 0 Å². The summed E-state index contributed by atoms with van der Waals surface area (Å²) in [5.41, 5.74) is 8.52. The molecule has 0 N–H and O–H groups in total. The predicted molar refractivity (Wildman–Crippen MR) is 246 cm³/mol. The third-order valence-electron chi connectivity index (χ3n) is 7.40. The Kier molecular flexibility index (Phi) is 26.9. The van der Waals surface area contributed by atoms with E-state index in [1.807, 2.05) is 121 Å². The van der Waals surface area contributed by atoms with E-state index >= 15 is 0 Å². The van der Waals surface area contributed by atoms with Gasteiger partial charge in [0.1, 0.15) is 0 Å². The zero-order chi connectivity index (χ0) is 40.0. The molecule has 0 heterocycles.